The topological polar surface area (TPSA) is 71.8 Å². The number of sulfonamides is 1. The lowest BCUT2D eigenvalue weighted by Gasteiger charge is -2.34. The number of benzene rings is 3. The summed E-state index contributed by atoms with van der Waals surface area (Å²) in [6, 6.07) is 26.2. The van der Waals surface area contributed by atoms with Crippen LogP contribution in [0.5, 0.6) is 5.75 Å². The number of halogens is 1. The molecule has 0 unspecified atom stereocenters. The van der Waals surface area contributed by atoms with Crippen LogP contribution in [-0.4, -0.2) is 61.4 Å². The maximum Gasteiger partial charge on any atom is 0.255 e. The molecule has 2 heterocycles. The zero-order valence-corrected chi connectivity index (χ0v) is 23.6. The van der Waals surface area contributed by atoms with Crippen LogP contribution >= 0.6 is 15.9 Å². The predicted octanol–water partition coefficient (Wildman–Crippen LogP) is 5.37. The van der Waals surface area contributed by atoms with E-state index in [1.807, 2.05) is 67.6 Å². The highest BCUT2D eigenvalue weighted by atomic mass is 79.9. The summed E-state index contributed by atoms with van der Waals surface area (Å²) in [5.41, 5.74) is 4.25. The van der Waals surface area contributed by atoms with E-state index in [1.54, 1.807) is 36.3 Å². The van der Waals surface area contributed by atoms with Crippen LogP contribution in [-0.2, 0) is 10.0 Å². The van der Waals surface area contributed by atoms with Gasteiger partial charge in [0.2, 0.25) is 10.0 Å². The summed E-state index contributed by atoms with van der Waals surface area (Å²) in [7, 11) is -1.99. The van der Waals surface area contributed by atoms with Crippen molar-refractivity contribution in [2.75, 3.05) is 33.3 Å². The van der Waals surface area contributed by atoms with Crippen LogP contribution in [0.2, 0.25) is 0 Å². The molecular weight excluding hydrogens is 566 g/mol. The van der Waals surface area contributed by atoms with Crippen LogP contribution < -0.4 is 4.74 Å². The third kappa shape index (κ3) is 5.01. The van der Waals surface area contributed by atoms with Crippen molar-refractivity contribution in [3.05, 3.63) is 101 Å². The Morgan fingerprint density at radius 2 is 1.50 bits per heavy atom. The van der Waals surface area contributed by atoms with Gasteiger partial charge in [0.05, 0.1) is 23.3 Å². The van der Waals surface area contributed by atoms with Crippen LogP contribution in [0.1, 0.15) is 16.1 Å². The number of nitrogens with zero attached hydrogens (tertiary/aromatic N) is 3. The van der Waals surface area contributed by atoms with Gasteiger partial charge in [0.1, 0.15) is 5.75 Å². The number of para-hydroxylation sites is 1. The van der Waals surface area contributed by atoms with E-state index < -0.39 is 10.0 Å². The molecule has 7 nitrogen and oxygen atoms in total. The Bertz CT molecular complexity index is 1540. The maximum absolute atomic E-state index is 13.7. The summed E-state index contributed by atoms with van der Waals surface area (Å²) < 4.78 is 35.9. The van der Waals surface area contributed by atoms with Gasteiger partial charge in [0.25, 0.3) is 5.91 Å². The van der Waals surface area contributed by atoms with Gasteiger partial charge in [-0.2, -0.15) is 4.31 Å². The highest BCUT2D eigenvalue weighted by molar-refractivity contribution is 9.10. The quantitative estimate of drug-likeness (QED) is 0.301. The molecule has 3 aromatic carbocycles. The van der Waals surface area contributed by atoms with Gasteiger partial charge in [-0.3, -0.25) is 4.79 Å². The molecule has 0 bridgehead atoms. The number of piperazine rings is 1. The van der Waals surface area contributed by atoms with Gasteiger partial charge in [-0.05, 0) is 79.2 Å². The Hall–Kier alpha value is -3.40. The first-order valence-electron chi connectivity index (χ1n) is 12.3. The van der Waals surface area contributed by atoms with E-state index in [9.17, 15) is 13.2 Å². The number of hydrogen-bond donors (Lipinski definition) is 0. The van der Waals surface area contributed by atoms with E-state index in [4.69, 9.17) is 4.74 Å². The molecule has 1 amide bonds. The molecule has 0 radical (unpaired) electrons. The van der Waals surface area contributed by atoms with Gasteiger partial charge in [-0.15, -0.1) is 0 Å². The summed E-state index contributed by atoms with van der Waals surface area (Å²) in [5.74, 6) is 0.656. The van der Waals surface area contributed by atoms with Crippen molar-refractivity contribution in [1.29, 1.82) is 0 Å². The zero-order valence-electron chi connectivity index (χ0n) is 21.2. The second-order valence-electron chi connectivity index (χ2n) is 9.08. The second kappa shape index (κ2) is 10.8. The molecule has 1 aliphatic heterocycles. The standard InChI is InChI=1S/C29H28BrN3O4S/c1-21-27(20-28(22-8-12-25(37-2)13-9-22)33(21)24-6-4-3-5-7-24)29(34)31-16-18-32(19-17-31)38(35,36)26-14-10-23(30)11-15-26/h3-15,20H,16-19H2,1-2H3. The summed E-state index contributed by atoms with van der Waals surface area (Å²) in [4.78, 5) is 15.7. The van der Waals surface area contributed by atoms with Crippen LogP contribution in [0.15, 0.2) is 94.3 Å². The summed E-state index contributed by atoms with van der Waals surface area (Å²) in [6.45, 7) is 3.08. The van der Waals surface area contributed by atoms with Crippen LogP contribution in [0.4, 0.5) is 0 Å². The number of amides is 1. The lowest BCUT2D eigenvalue weighted by molar-refractivity contribution is 0.0697. The van der Waals surface area contributed by atoms with E-state index in [2.05, 4.69) is 20.5 Å². The van der Waals surface area contributed by atoms with Crippen LogP contribution in [0.25, 0.3) is 16.9 Å². The fourth-order valence-corrected chi connectivity index (χ4v) is 6.45. The average Bonchev–Trinajstić information content (AvgIpc) is 3.30. The van der Waals surface area contributed by atoms with E-state index in [0.717, 1.165) is 32.9 Å². The first kappa shape index (κ1) is 26.2. The Balaban J connectivity index is 1.42. The van der Waals surface area contributed by atoms with Crippen molar-refractivity contribution < 1.29 is 17.9 Å². The highest BCUT2D eigenvalue weighted by Gasteiger charge is 2.32. The van der Waals surface area contributed by atoms with Gasteiger partial charge in [-0.1, -0.05) is 34.1 Å². The predicted molar refractivity (Wildman–Crippen MR) is 151 cm³/mol. The lowest BCUT2D eigenvalue weighted by Crippen LogP contribution is -2.50. The molecule has 1 aromatic heterocycles. The molecule has 9 heteroatoms. The summed E-state index contributed by atoms with van der Waals surface area (Å²) in [6.07, 6.45) is 0. The van der Waals surface area contributed by atoms with Crippen molar-refractivity contribution in [1.82, 2.24) is 13.8 Å². The highest BCUT2D eigenvalue weighted by Crippen LogP contribution is 2.32. The number of carbonyl (C=O) groups excluding carboxylic acids is 1. The van der Waals surface area contributed by atoms with E-state index in [1.165, 1.54) is 4.31 Å². The van der Waals surface area contributed by atoms with Crippen molar-refractivity contribution in [3.63, 3.8) is 0 Å². The molecule has 0 N–H and O–H groups in total. The second-order valence-corrected chi connectivity index (χ2v) is 11.9. The number of carbonyl (C=O) groups is 1. The first-order valence-corrected chi connectivity index (χ1v) is 14.5. The number of rotatable bonds is 6. The van der Waals surface area contributed by atoms with E-state index >= 15 is 0 Å². The molecule has 38 heavy (non-hydrogen) atoms. The summed E-state index contributed by atoms with van der Waals surface area (Å²) in [5, 5.41) is 0. The minimum Gasteiger partial charge on any atom is -0.497 e. The van der Waals surface area contributed by atoms with Gasteiger partial charge < -0.3 is 14.2 Å². The minimum absolute atomic E-state index is 0.104. The molecule has 1 fully saturated rings. The Kier molecular flexibility index (Phi) is 7.43. The maximum atomic E-state index is 13.7. The smallest absolute Gasteiger partial charge is 0.255 e. The fourth-order valence-electron chi connectivity index (χ4n) is 4.76. The molecular formula is C29H28BrN3O4S. The number of ether oxygens (including phenoxy) is 1. The number of methoxy groups -OCH3 is 1. The molecule has 1 saturated heterocycles. The van der Waals surface area contributed by atoms with Crippen molar-refractivity contribution in [2.24, 2.45) is 0 Å². The van der Waals surface area contributed by atoms with Crippen LogP contribution in [0.3, 0.4) is 0 Å². The Labute approximate surface area is 231 Å². The lowest BCUT2D eigenvalue weighted by atomic mass is 10.1. The zero-order chi connectivity index (χ0) is 26.9. The van der Waals surface area contributed by atoms with E-state index in [-0.39, 0.29) is 23.9 Å². The number of aromatic nitrogens is 1. The Morgan fingerprint density at radius 3 is 2.11 bits per heavy atom. The van der Waals surface area contributed by atoms with Crippen molar-refractivity contribution in [2.45, 2.75) is 11.8 Å². The van der Waals surface area contributed by atoms with Gasteiger partial charge in [0, 0.05) is 42.0 Å². The Morgan fingerprint density at radius 1 is 0.868 bits per heavy atom. The van der Waals surface area contributed by atoms with Gasteiger partial charge in [-0.25, -0.2) is 8.42 Å². The molecule has 196 valence electrons. The van der Waals surface area contributed by atoms with Gasteiger partial charge in [0.15, 0.2) is 0 Å². The fraction of sp³-hybridized carbons (Fsp3) is 0.207. The third-order valence-corrected chi connectivity index (χ3v) is 9.30. The third-order valence-electron chi connectivity index (χ3n) is 6.86. The molecule has 0 atom stereocenters. The molecule has 4 aromatic rings. The minimum atomic E-state index is -3.62. The molecule has 5 rings (SSSR count). The first-order chi connectivity index (χ1) is 18.3. The number of hydrogen-bond acceptors (Lipinski definition) is 4. The van der Waals surface area contributed by atoms with Gasteiger partial charge >= 0.3 is 0 Å². The molecule has 1 aliphatic rings. The molecule has 0 spiro atoms. The average molecular weight is 595 g/mol. The molecule has 0 aliphatic carbocycles. The van der Waals surface area contributed by atoms with Crippen molar-refractivity contribution >= 4 is 31.9 Å². The van der Waals surface area contributed by atoms with Crippen LogP contribution in [0, 0.1) is 6.92 Å². The monoisotopic (exact) mass is 593 g/mol. The molecule has 0 saturated carbocycles. The van der Waals surface area contributed by atoms with E-state index in [0.29, 0.717) is 18.7 Å². The largest absolute Gasteiger partial charge is 0.497 e. The van der Waals surface area contributed by atoms with Crippen molar-refractivity contribution in [3.8, 4) is 22.7 Å². The SMILES string of the molecule is COc1ccc(-c2cc(C(=O)N3CCN(S(=O)(=O)c4ccc(Br)cc4)CC3)c(C)n2-c2ccccc2)cc1. The normalized spacial score (nSPS) is 14.4. The summed E-state index contributed by atoms with van der Waals surface area (Å²) >= 11 is 3.34.